The minimum atomic E-state index is -4.05. The molecule has 1 aliphatic heterocycles. The van der Waals surface area contributed by atoms with E-state index >= 15 is 0 Å². The van der Waals surface area contributed by atoms with E-state index < -0.39 is 15.9 Å². The number of para-hydroxylation sites is 1. The summed E-state index contributed by atoms with van der Waals surface area (Å²) >= 11 is 6.20. The Morgan fingerprint density at radius 1 is 0.889 bits per heavy atom. The van der Waals surface area contributed by atoms with Gasteiger partial charge in [0.2, 0.25) is 0 Å². The molecule has 0 radical (unpaired) electrons. The van der Waals surface area contributed by atoms with E-state index in [1.54, 1.807) is 48.5 Å². The van der Waals surface area contributed by atoms with Crippen LogP contribution in [0.25, 0.3) is 0 Å². The lowest BCUT2D eigenvalue weighted by Crippen LogP contribution is -2.32. The summed E-state index contributed by atoms with van der Waals surface area (Å²) in [4.78, 5) is 27.9. The first-order valence-electron chi connectivity index (χ1n) is 11.8. The van der Waals surface area contributed by atoms with E-state index in [0.29, 0.717) is 30.0 Å². The van der Waals surface area contributed by atoms with Crippen LogP contribution in [0.15, 0.2) is 71.6 Å². The van der Waals surface area contributed by atoms with Crippen LogP contribution >= 0.6 is 11.6 Å². The van der Waals surface area contributed by atoms with E-state index in [1.165, 1.54) is 18.2 Å². The topological polar surface area (TPSA) is 95.6 Å². The molecule has 9 heteroatoms. The number of rotatable bonds is 6. The largest absolute Gasteiger partial charge is 0.339 e. The zero-order valence-corrected chi connectivity index (χ0v) is 21.5. The second kappa shape index (κ2) is 11.1. The zero-order chi connectivity index (χ0) is 25.7. The number of halogens is 1. The Hall–Kier alpha value is -3.36. The molecule has 188 valence electrons. The van der Waals surface area contributed by atoms with E-state index in [9.17, 15) is 18.0 Å². The Labute approximate surface area is 216 Å². The SMILES string of the molecule is Cc1ccc(NS(=O)(=O)c2cc(C(=O)Nc3ccccc3C(=O)N3CCCCCC3)ccc2Cl)cc1. The monoisotopic (exact) mass is 525 g/mol. The van der Waals surface area contributed by atoms with Gasteiger partial charge in [-0.05, 0) is 62.2 Å². The predicted octanol–water partition coefficient (Wildman–Crippen LogP) is 5.72. The quantitative estimate of drug-likeness (QED) is 0.430. The summed E-state index contributed by atoms with van der Waals surface area (Å²) in [6.45, 7) is 3.28. The molecule has 0 aromatic heterocycles. The van der Waals surface area contributed by atoms with E-state index in [2.05, 4.69) is 10.0 Å². The number of hydrogen-bond donors (Lipinski definition) is 2. The van der Waals surface area contributed by atoms with Crippen LogP contribution in [0.4, 0.5) is 11.4 Å². The number of carbonyl (C=O) groups is 2. The lowest BCUT2D eigenvalue weighted by Gasteiger charge is -2.22. The predicted molar refractivity (Wildman–Crippen MR) is 142 cm³/mol. The van der Waals surface area contributed by atoms with Gasteiger partial charge in [-0.2, -0.15) is 0 Å². The van der Waals surface area contributed by atoms with Gasteiger partial charge in [-0.3, -0.25) is 14.3 Å². The van der Waals surface area contributed by atoms with Gasteiger partial charge in [0.25, 0.3) is 21.8 Å². The van der Waals surface area contributed by atoms with Crippen LogP contribution in [0.5, 0.6) is 0 Å². The van der Waals surface area contributed by atoms with E-state index in [1.807, 2.05) is 11.8 Å². The number of benzene rings is 3. The maximum atomic E-state index is 13.2. The van der Waals surface area contributed by atoms with E-state index in [-0.39, 0.29) is 21.4 Å². The fourth-order valence-corrected chi connectivity index (χ4v) is 5.68. The Bertz CT molecular complexity index is 1370. The Morgan fingerprint density at radius 2 is 1.56 bits per heavy atom. The smallest absolute Gasteiger partial charge is 0.263 e. The number of nitrogens with zero attached hydrogens (tertiary/aromatic N) is 1. The van der Waals surface area contributed by atoms with Crippen LogP contribution in [0.2, 0.25) is 5.02 Å². The lowest BCUT2D eigenvalue weighted by molar-refractivity contribution is 0.0762. The molecule has 3 aromatic rings. The summed E-state index contributed by atoms with van der Waals surface area (Å²) in [7, 11) is -4.05. The van der Waals surface area contributed by atoms with Crippen LogP contribution in [0, 0.1) is 6.92 Å². The third-order valence-electron chi connectivity index (χ3n) is 6.09. The first-order chi connectivity index (χ1) is 17.2. The summed E-state index contributed by atoms with van der Waals surface area (Å²) in [5.74, 6) is -0.677. The van der Waals surface area contributed by atoms with Crippen molar-refractivity contribution < 1.29 is 18.0 Å². The van der Waals surface area contributed by atoms with Crippen molar-refractivity contribution in [1.82, 2.24) is 4.90 Å². The van der Waals surface area contributed by atoms with Crippen molar-refractivity contribution in [3.63, 3.8) is 0 Å². The Balaban J connectivity index is 1.56. The third-order valence-corrected chi connectivity index (χ3v) is 7.95. The fraction of sp³-hybridized carbons (Fsp3) is 0.259. The highest BCUT2D eigenvalue weighted by Crippen LogP contribution is 2.26. The van der Waals surface area contributed by atoms with Gasteiger partial charge in [-0.25, -0.2) is 8.42 Å². The van der Waals surface area contributed by atoms with Crippen molar-refractivity contribution in [2.75, 3.05) is 23.1 Å². The second-order valence-corrected chi connectivity index (χ2v) is 10.9. The molecule has 1 heterocycles. The molecule has 4 rings (SSSR count). The van der Waals surface area contributed by atoms with Gasteiger partial charge in [0.1, 0.15) is 4.90 Å². The lowest BCUT2D eigenvalue weighted by atomic mass is 10.1. The number of hydrogen-bond acceptors (Lipinski definition) is 4. The van der Waals surface area contributed by atoms with Crippen molar-refractivity contribution in [3.05, 3.63) is 88.4 Å². The van der Waals surface area contributed by atoms with Crippen LogP contribution < -0.4 is 10.0 Å². The number of aryl methyl sites for hydroxylation is 1. The van der Waals surface area contributed by atoms with Gasteiger partial charge in [-0.1, -0.05) is 54.3 Å². The molecular weight excluding hydrogens is 498 g/mol. The maximum Gasteiger partial charge on any atom is 0.263 e. The van der Waals surface area contributed by atoms with Gasteiger partial charge in [0.05, 0.1) is 16.3 Å². The fourth-order valence-electron chi connectivity index (χ4n) is 4.10. The standard InChI is InChI=1S/C27H28ClN3O4S/c1-19-10-13-21(14-11-19)30-36(34,35)25-18-20(12-15-23(25)28)26(32)29-24-9-5-4-8-22(24)27(33)31-16-6-2-3-7-17-31/h4-5,8-15,18,30H,2-3,6-7,16-17H2,1H3,(H,29,32). The summed E-state index contributed by atoms with van der Waals surface area (Å²) in [6.07, 6.45) is 4.11. The molecule has 7 nitrogen and oxygen atoms in total. The van der Waals surface area contributed by atoms with Crippen LogP contribution in [-0.4, -0.2) is 38.2 Å². The molecule has 1 aliphatic rings. The highest BCUT2D eigenvalue weighted by Gasteiger charge is 2.23. The first-order valence-corrected chi connectivity index (χ1v) is 13.7. The minimum absolute atomic E-state index is 0.0112. The summed E-state index contributed by atoms with van der Waals surface area (Å²) < 4.78 is 28.5. The molecular formula is C27H28ClN3O4S. The molecule has 0 bridgehead atoms. The van der Waals surface area contributed by atoms with Crippen LogP contribution in [0.1, 0.15) is 52.0 Å². The van der Waals surface area contributed by atoms with Gasteiger partial charge in [0.15, 0.2) is 0 Å². The van der Waals surface area contributed by atoms with E-state index in [0.717, 1.165) is 31.2 Å². The van der Waals surface area contributed by atoms with Crippen molar-refractivity contribution >= 4 is 44.8 Å². The molecule has 0 saturated carbocycles. The average Bonchev–Trinajstić information content (AvgIpc) is 3.15. The summed E-state index contributed by atoms with van der Waals surface area (Å²) in [5, 5.41) is 2.76. The molecule has 36 heavy (non-hydrogen) atoms. The number of sulfonamides is 1. The van der Waals surface area contributed by atoms with Crippen molar-refractivity contribution in [3.8, 4) is 0 Å². The number of amides is 2. The number of nitrogens with one attached hydrogen (secondary N) is 2. The van der Waals surface area contributed by atoms with Crippen molar-refractivity contribution in [1.29, 1.82) is 0 Å². The molecule has 1 fully saturated rings. The highest BCUT2D eigenvalue weighted by molar-refractivity contribution is 7.92. The Kier molecular flexibility index (Phi) is 7.96. The van der Waals surface area contributed by atoms with Gasteiger partial charge < -0.3 is 10.2 Å². The van der Waals surface area contributed by atoms with Crippen molar-refractivity contribution in [2.24, 2.45) is 0 Å². The second-order valence-electron chi connectivity index (χ2n) is 8.82. The number of likely N-dealkylation sites (tertiary alicyclic amines) is 1. The molecule has 0 unspecified atom stereocenters. The third kappa shape index (κ3) is 6.06. The van der Waals surface area contributed by atoms with Gasteiger partial charge >= 0.3 is 0 Å². The Morgan fingerprint density at radius 3 is 2.25 bits per heavy atom. The molecule has 3 aromatic carbocycles. The first kappa shape index (κ1) is 25.7. The molecule has 2 amide bonds. The molecule has 0 aliphatic carbocycles. The molecule has 0 atom stereocenters. The summed E-state index contributed by atoms with van der Waals surface area (Å²) in [6, 6.07) is 17.8. The van der Waals surface area contributed by atoms with Crippen molar-refractivity contribution in [2.45, 2.75) is 37.5 Å². The van der Waals surface area contributed by atoms with Gasteiger partial charge in [-0.15, -0.1) is 0 Å². The molecule has 2 N–H and O–H groups in total. The van der Waals surface area contributed by atoms with Crippen LogP contribution in [-0.2, 0) is 10.0 Å². The maximum absolute atomic E-state index is 13.2. The minimum Gasteiger partial charge on any atom is -0.339 e. The number of carbonyl (C=O) groups excluding carboxylic acids is 2. The molecule has 0 spiro atoms. The van der Waals surface area contributed by atoms with Gasteiger partial charge in [0, 0.05) is 24.3 Å². The summed E-state index contributed by atoms with van der Waals surface area (Å²) in [5.41, 5.74) is 2.24. The zero-order valence-electron chi connectivity index (χ0n) is 20.0. The molecule has 1 saturated heterocycles. The van der Waals surface area contributed by atoms with Crippen LogP contribution in [0.3, 0.4) is 0 Å². The highest BCUT2D eigenvalue weighted by atomic mass is 35.5. The number of anilines is 2. The average molecular weight is 526 g/mol. The van der Waals surface area contributed by atoms with E-state index in [4.69, 9.17) is 11.6 Å². The normalized spacial score (nSPS) is 14.1.